The van der Waals surface area contributed by atoms with E-state index in [9.17, 15) is 4.79 Å². The van der Waals surface area contributed by atoms with E-state index in [-0.39, 0.29) is 5.91 Å². The summed E-state index contributed by atoms with van der Waals surface area (Å²) in [4.78, 5) is 14.5. The number of carbonyl (C=O) groups is 1. The van der Waals surface area contributed by atoms with Crippen molar-refractivity contribution in [3.05, 3.63) is 58.1 Å². The molecule has 0 bridgehead atoms. The van der Waals surface area contributed by atoms with Crippen LogP contribution in [0, 0.1) is 0 Å². The largest absolute Gasteiger partial charge is 0.444 e. The van der Waals surface area contributed by atoms with E-state index in [1.165, 1.54) is 22.0 Å². The van der Waals surface area contributed by atoms with Crippen LogP contribution < -0.4 is 0 Å². The second-order valence-electron chi connectivity index (χ2n) is 5.66. The average molecular weight is 359 g/mol. The Morgan fingerprint density at radius 3 is 2.86 bits per heavy atom. The van der Waals surface area contributed by atoms with Gasteiger partial charge < -0.3 is 13.9 Å². The Kier molecular flexibility index (Phi) is 3.11. The zero-order valence-electron chi connectivity index (χ0n) is 12.2. The molecule has 4 rings (SSSR count). The summed E-state index contributed by atoms with van der Waals surface area (Å²) in [5, 5.41) is 1.29. The highest BCUT2D eigenvalue weighted by Gasteiger charge is 2.24. The molecular formula is C17H15BrN2O2. The van der Waals surface area contributed by atoms with Crippen molar-refractivity contribution in [1.29, 1.82) is 0 Å². The SMILES string of the molecule is Cn1cc2c3c(cccc31)CN(C(=O)c1ccc(Br)o1)CC2. The zero-order valence-corrected chi connectivity index (χ0v) is 13.8. The van der Waals surface area contributed by atoms with Gasteiger partial charge in [0, 0.05) is 37.2 Å². The zero-order chi connectivity index (χ0) is 15.3. The maximum Gasteiger partial charge on any atom is 0.289 e. The first-order valence-electron chi connectivity index (χ1n) is 7.24. The fraction of sp³-hybridized carbons (Fsp3) is 0.235. The first-order chi connectivity index (χ1) is 10.6. The number of hydrogen-bond acceptors (Lipinski definition) is 2. The lowest BCUT2D eigenvalue weighted by molar-refractivity contribution is 0.0714. The molecule has 0 radical (unpaired) electrons. The van der Waals surface area contributed by atoms with Gasteiger partial charge in [0.2, 0.25) is 0 Å². The predicted molar refractivity (Wildman–Crippen MR) is 87.8 cm³/mol. The van der Waals surface area contributed by atoms with Crippen LogP contribution in [0.5, 0.6) is 0 Å². The molecule has 22 heavy (non-hydrogen) atoms. The summed E-state index contributed by atoms with van der Waals surface area (Å²) in [5.74, 6) is 0.323. The minimum Gasteiger partial charge on any atom is -0.444 e. The quantitative estimate of drug-likeness (QED) is 0.664. The second-order valence-corrected chi connectivity index (χ2v) is 6.44. The van der Waals surface area contributed by atoms with E-state index in [1.807, 2.05) is 4.90 Å². The lowest BCUT2D eigenvalue weighted by atomic mass is 10.1. The van der Waals surface area contributed by atoms with Crippen LogP contribution in [0.2, 0.25) is 0 Å². The highest BCUT2D eigenvalue weighted by atomic mass is 79.9. The van der Waals surface area contributed by atoms with Gasteiger partial charge in [-0.2, -0.15) is 0 Å². The summed E-state index contributed by atoms with van der Waals surface area (Å²) >= 11 is 3.25. The van der Waals surface area contributed by atoms with Crippen molar-refractivity contribution in [2.24, 2.45) is 7.05 Å². The molecule has 0 unspecified atom stereocenters. The molecule has 3 aromatic rings. The minimum absolute atomic E-state index is 0.0581. The van der Waals surface area contributed by atoms with Crippen molar-refractivity contribution >= 4 is 32.7 Å². The minimum atomic E-state index is -0.0581. The number of furan rings is 1. The van der Waals surface area contributed by atoms with E-state index in [0.717, 1.165) is 6.42 Å². The second kappa shape index (κ2) is 5.02. The molecule has 0 N–H and O–H groups in total. The highest BCUT2D eigenvalue weighted by Crippen LogP contribution is 2.29. The lowest BCUT2D eigenvalue weighted by Gasteiger charge is -2.20. The summed E-state index contributed by atoms with van der Waals surface area (Å²) in [6.07, 6.45) is 3.04. The number of carbonyl (C=O) groups excluding carboxylic acids is 1. The van der Waals surface area contributed by atoms with Crippen LogP contribution in [0.25, 0.3) is 10.9 Å². The summed E-state index contributed by atoms with van der Waals surface area (Å²) < 4.78 is 8.15. The average Bonchev–Trinajstić information content (AvgIpc) is 3.02. The fourth-order valence-corrected chi connectivity index (χ4v) is 3.55. The van der Waals surface area contributed by atoms with Crippen LogP contribution in [0.1, 0.15) is 21.7 Å². The summed E-state index contributed by atoms with van der Waals surface area (Å²) in [6.45, 7) is 1.32. The number of hydrogen-bond donors (Lipinski definition) is 0. The first kappa shape index (κ1) is 13.6. The summed E-state index contributed by atoms with van der Waals surface area (Å²) in [6, 6.07) is 9.75. The van der Waals surface area contributed by atoms with Gasteiger partial charge in [-0.15, -0.1) is 0 Å². The summed E-state index contributed by atoms with van der Waals surface area (Å²) in [5.41, 5.74) is 3.73. The van der Waals surface area contributed by atoms with E-state index >= 15 is 0 Å². The number of aromatic nitrogens is 1. The third kappa shape index (κ3) is 2.08. The Bertz CT molecular complexity index is 878. The van der Waals surface area contributed by atoms with Gasteiger partial charge in [0.1, 0.15) is 0 Å². The molecule has 1 amide bonds. The molecule has 0 saturated carbocycles. The van der Waals surface area contributed by atoms with Crippen molar-refractivity contribution in [2.75, 3.05) is 6.54 Å². The van der Waals surface area contributed by atoms with Gasteiger partial charge in [-0.05, 0) is 51.7 Å². The van der Waals surface area contributed by atoms with E-state index in [1.54, 1.807) is 12.1 Å². The molecule has 0 fully saturated rings. The maximum atomic E-state index is 12.6. The Balaban J connectivity index is 1.73. The number of rotatable bonds is 1. The molecule has 2 aromatic heterocycles. The van der Waals surface area contributed by atoms with Crippen LogP contribution in [-0.2, 0) is 20.0 Å². The Morgan fingerprint density at radius 1 is 1.23 bits per heavy atom. The lowest BCUT2D eigenvalue weighted by Crippen LogP contribution is -2.31. The van der Waals surface area contributed by atoms with Crippen molar-refractivity contribution in [1.82, 2.24) is 9.47 Å². The molecule has 4 nitrogen and oxygen atoms in total. The molecule has 0 aliphatic carbocycles. The predicted octanol–water partition coefficient (Wildman–Crippen LogP) is 3.73. The van der Waals surface area contributed by atoms with Gasteiger partial charge in [0.15, 0.2) is 10.4 Å². The molecule has 112 valence electrons. The molecule has 1 aliphatic rings. The Labute approximate surface area is 136 Å². The van der Waals surface area contributed by atoms with Gasteiger partial charge in [-0.25, -0.2) is 0 Å². The Hall–Kier alpha value is -2.01. The van der Waals surface area contributed by atoms with Gasteiger partial charge in [0.25, 0.3) is 5.91 Å². The fourth-order valence-electron chi connectivity index (χ4n) is 3.24. The topological polar surface area (TPSA) is 38.4 Å². The smallest absolute Gasteiger partial charge is 0.289 e. The third-order valence-electron chi connectivity index (χ3n) is 4.26. The number of nitrogens with zero attached hydrogens (tertiary/aromatic N) is 2. The van der Waals surface area contributed by atoms with Gasteiger partial charge >= 0.3 is 0 Å². The highest BCUT2D eigenvalue weighted by molar-refractivity contribution is 9.10. The molecule has 3 heterocycles. The van der Waals surface area contributed by atoms with Crippen LogP contribution in [0.3, 0.4) is 0 Å². The molecule has 0 atom stereocenters. The Morgan fingerprint density at radius 2 is 2.09 bits per heavy atom. The maximum absolute atomic E-state index is 12.6. The first-order valence-corrected chi connectivity index (χ1v) is 8.03. The number of benzene rings is 1. The van der Waals surface area contributed by atoms with Crippen molar-refractivity contribution in [3.8, 4) is 0 Å². The van der Waals surface area contributed by atoms with Gasteiger partial charge in [-0.1, -0.05) is 12.1 Å². The van der Waals surface area contributed by atoms with E-state index < -0.39 is 0 Å². The van der Waals surface area contributed by atoms with E-state index in [0.29, 0.717) is 23.5 Å². The van der Waals surface area contributed by atoms with E-state index in [2.05, 4.69) is 51.9 Å². The molecule has 5 heteroatoms. The van der Waals surface area contributed by atoms with Gasteiger partial charge in [-0.3, -0.25) is 4.79 Å². The standard InChI is InChI=1S/C17H15BrN2O2/c1-19-9-12-7-8-20(17(21)14-5-6-15(18)22-14)10-11-3-2-4-13(19)16(11)12/h2-6,9H,7-8,10H2,1H3. The van der Waals surface area contributed by atoms with Crippen LogP contribution in [0.4, 0.5) is 0 Å². The van der Waals surface area contributed by atoms with Crippen molar-refractivity contribution < 1.29 is 9.21 Å². The number of aryl methyl sites for hydroxylation is 1. The normalized spacial score (nSPS) is 14.4. The molecule has 0 saturated heterocycles. The number of halogens is 1. The molecule has 0 spiro atoms. The van der Waals surface area contributed by atoms with Gasteiger partial charge in [0.05, 0.1) is 0 Å². The molecular weight excluding hydrogens is 344 g/mol. The summed E-state index contributed by atoms with van der Waals surface area (Å²) in [7, 11) is 2.07. The van der Waals surface area contributed by atoms with Crippen LogP contribution in [0.15, 0.2) is 45.6 Å². The third-order valence-corrected chi connectivity index (χ3v) is 4.69. The number of amides is 1. The van der Waals surface area contributed by atoms with Crippen LogP contribution >= 0.6 is 15.9 Å². The van der Waals surface area contributed by atoms with Crippen molar-refractivity contribution in [2.45, 2.75) is 13.0 Å². The van der Waals surface area contributed by atoms with Crippen molar-refractivity contribution in [3.63, 3.8) is 0 Å². The molecule has 1 aliphatic heterocycles. The monoisotopic (exact) mass is 358 g/mol. The van der Waals surface area contributed by atoms with E-state index in [4.69, 9.17) is 4.42 Å². The molecule has 1 aromatic carbocycles. The van der Waals surface area contributed by atoms with Crippen LogP contribution in [-0.4, -0.2) is 21.9 Å².